The molecule has 0 aliphatic heterocycles. The molecule has 2 aromatic carbocycles. The lowest BCUT2D eigenvalue weighted by Gasteiger charge is -2.11. The van der Waals surface area contributed by atoms with Crippen molar-refractivity contribution in [3.8, 4) is 0 Å². The highest BCUT2D eigenvalue weighted by atomic mass is 32.2. The lowest BCUT2D eigenvalue weighted by Crippen LogP contribution is -2.23. The van der Waals surface area contributed by atoms with Gasteiger partial charge in [0, 0.05) is 18.1 Å². The van der Waals surface area contributed by atoms with Crippen molar-refractivity contribution in [2.45, 2.75) is 21.2 Å². The maximum atomic E-state index is 13.1. The number of carbonyl (C=O) groups excluding carboxylic acids is 1. The fourth-order valence-corrected chi connectivity index (χ4v) is 5.97. The molecule has 0 bridgehead atoms. The fourth-order valence-electron chi connectivity index (χ4n) is 3.16. The van der Waals surface area contributed by atoms with Crippen molar-refractivity contribution in [1.29, 1.82) is 0 Å². The molecule has 0 aliphatic rings. The van der Waals surface area contributed by atoms with Crippen molar-refractivity contribution in [1.82, 2.24) is 25.2 Å². The van der Waals surface area contributed by atoms with Crippen LogP contribution in [0.25, 0.3) is 11.0 Å². The Labute approximate surface area is 190 Å². The summed E-state index contributed by atoms with van der Waals surface area (Å²) in [4.78, 5) is 15.8. The quantitative estimate of drug-likeness (QED) is 0.360. The number of rotatable bonds is 7. The Balaban J connectivity index is 1.52. The normalized spacial score (nSPS) is 12.0. The third-order valence-electron chi connectivity index (χ3n) is 4.94. The number of carbonyl (C=O) groups is 1. The largest absolute Gasteiger partial charge is 0.348 e. The van der Waals surface area contributed by atoms with E-state index in [1.54, 1.807) is 24.4 Å². The van der Waals surface area contributed by atoms with Crippen LogP contribution in [0.5, 0.6) is 0 Å². The number of aromatic nitrogens is 3. The van der Waals surface area contributed by atoms with E-state index in [0.29, 0.717) is 22.2 Å². The van der Waals surface area contributed by atoms with Crippen LogP contribution in [0.3, 0.4) is 0 Å². The zero-order valence-electron chi connectivity index (χ0n) is 17.3. The van der Waals surface area contributed by atoms with Gasteiger partial charge in [0.15, 0.2) is 5.65 Å². The van der Waals surface area contributed by atoms with Gasteiger partial charge < -0.3 is 5.32 Å². The van der Waals surface area contributed by atoms with Gasteiger partial charge in [-0.05, 0) is 42.9 Å². The average Bonchev–Trinajstić information content (AvgIpc) is 3.31. The first-order valence-corrected chi connectivity index (χ1v) is 12.6. The smallest absolute Gasteiger partial charge is 0.253 e. The SMILES string of the molecule is CNS(=O)(=O)c1ccccc1S(=O)(=O)c1ccc(CNC(=O)c2cnc3[nH]ncc3c2)cc1. The maximum absolute atomic E-state index is 13.1. The lowest BCUT2D eigenvalue weighted by atomic mass is 10.2. The van der Waals surface area contributed by atoms with Crippen molar-refractivity contribution < 1.29 is 21.6 Å². The highest BCUT2D eigenvalue weighted by Crippen LogP contribution is 2.27. The van der Waals surface area contributed by atoms with Gasteiger partial charge in [0.25, 0.3) is 5.91 Å². The van der Waals surface area contributed by atoms with Crippen molar-refractivity contribution in [2.24, 2.45) is 0 Å². The summed E-state index contributed by atoms with van der Waals surface area (Å²) in [7, 11) is -6.85. The predicted octanol–water partition coefficient (Wildman–Crippen LogP) is 1.63. The van der Waals surface area contributed by atoms with Gasteiger partial charge >= 0.3 is 0 Å². The predicted molar refractivity (Wildman–Crippen MR) is 120 cm³/mol. The molecule has 0 saturated heterocycles. The number of sulfone groups is 1. The second kappa shape index (κ2) is 8.73. The molecule has 0 unspecified atom stereocenters. The number of hydrogen-bond acceptors (Lipinski definition) is 7. The van der Waals surface area contributed by atoms with Gasteiger partial charge in [0.2, 0.25) is 19.9 Å². The summed E-state index contributed by atoms with van der Waals surface area (Å²) in [5.74, 6) is -0.339. The number of pyridine rings is 1. The van der Waals surface area contributed by atoms with Gasteiger partial charge in [0.1, 0.15) is 4.90 Å². The van der Waals surface area contributed by atoms with Crippen LogP contribution >= 0.6 is 0 Å². The lowest BCUT2D eigenvalue weighted by molar-refractivity contribution is 0.0950. The van der Waals surface area contributed by atoms with E-state index < -0.39 is 19.9 Å². The van der Waals surface area contributed by atoms with Gasteiger partial charge in [-0.3, -0.25) is 9.89 Å². The van der Waals surface area contributed by atoms with Crippen molar-refractivity contribution in [3.05, 3.63) is 78.1 Å². The Hall–Kier alpha value is -3.61. The molecular formula is C21H19N5O5S2. The molecule has 0 aliphatic carbocycles. The number of fused-ring (bicyclic) bond motifs is 1. The summed E-state index contributed by atoms with van der Waals surface area (Å²) in [5.41, 5.74) is 1.61. The average molecular weight is 486 g/mol. The molecule has 0 saturated carbocycles. The highest BCUT2D eigenvalue weighted by molar-refractivity contribution is 7.93. The molecule has 0 fully saturated rings. The molecule has 1 amide bonds. The van der Waals surface area contributed by atoms with Crippen molar-refractivity contribution in [3.63, 3.8) is 0 Å². The molecule has 0 spiro atoms. The molecule has 2 aromatic heterocycles. The van der Waals surface area contributed by atoms with E-state index >= 15 is 0 Å². The van der Waals surface area contributed by atoms with Gasteiger partial charge in [-0.2, -0.15) is 5.10 Å². The Bertz CT molecular complexity index is 1550. The molecule has 4 aromatic rings. The zero-order chi connectivity index (χ0) is 23.6. The van der Waals surface area contributed by atoms with Crippen LogP contribution in [-0.4, -0.2) is 45.0 Å². The number of hydrogen-bond donors (Lipinski definition) is 3. The topological polar surface area (TPSA) is 151 Å². The Morgan fingerprint density at radius 2 is 1.67 bits per heavy atom. The third kappa shape index (κ3) is 4.49. The van der Waals surface area contributed by atoms with Crippen molar-refractivity contribution in [2.75, 3.05) is 7.05 Å². The van der Waals surface area contributed by atoms with Gasteiger partial charge in [-0.15, -0.1) is 0 Å². The molecular weight excluding hydrogens is 466 g/mol. The van der Waals surface area contributed by atoms with Crippen LogP contribution in [-0.2, 0) is 26.4 Å². The highest BCUT2D eigenvalue weighted by Gasteiger charge is 2.26. The Morgan fingerprint density at radius 3 is 2.36 bits per heavy atom. The molecule has 33 heavy (non-hydrogen) atoms. The maximum Gasteiger partial charge on any atom is 0.253 e. The Morgan fingerprint density at radius 1 is 0.970 bits per heavy atom. The van der Waals surface area contributed by atoms with Crippen LogP contribution in [0.15, 0.2) is 81.7 Å². The summed E-state index contributed by atoms with van der Waals surface area (Å²) < 4.78 is 52.8. The summed E-state index contributed by atoms with van der Waals surface area (Å²) in [6, 6.07) is 12.9. The standard InChI is InChI=1S/C21H19N5O5S2/c1-22-33(30,31)19-5-3-2-4-18(19)32(28,29)17-8-6-14(7-9-17)11-24-21(27)16-10-15-13-25-26-20(15)23-12-16/h2-10,12-13,22H,11H2,1H3,(H,24,27)(H,23,25,26). The zero-order valence-corrected chi connectivity index (χ0v) is 18.9. The number of nitrogens with one attached hydrogen (secondary N) is 3. The summed E-state index contributed by atoms with van der Waals surface area (Å²) in [6.07, 6.45) is 3.00. The minimum absolute atomic E-state index is 0.0639. The molecule has 10 nitrogen and oxygen atoms in total. The van der Waals surface area contributed by atoms with Gasteiger partial charge in [-0.1, -0.05) is 24.3 Å². The van der Waals surface area contributed by atoms with Crippen LogP contribution in [0.1, 0.15) is 15.9 Å². The minimum atomic E-state index is -4.09. The number of sulfonamides is 1. The number of amides is 1. The van der Waals surface area contributed by atoms with E-state index in [9.17, 15) is 21.6 Å². The first-order valence-electron chi connectivity index (χ1n) is 9.66. The number of aromatic amines is 1. The van der Waals surface area contributed by atoms with E-state index in [1.807, 2.05) is 0 Å². The van der Waals surface area contributed by atoms with Gasteiger partial charge in [-0.25, -0.2) is 26.5 Å². The second-order valence-corrected chi connectivity index (χ2v) is 10.8. The van der Waals surface area contributed by atoms with E-state index in [1.165, 1.54) is 49.6 Å². The van der Waals surface area contributed by atoms with Crippen LogP contribution < -0.4 is 10.0 Å². The van der Waals surface area contributed by atoms with Crippen LogP contribution in [0, 0.1) is 0 Å². The van der Waals surface area contributed by atoms with E-state index in [-0.39, 0.29) is 27.1 Å². The first-order chi connectivity index (χ1) is 15.7. The van der Waals surface area contributed by atoms with Crippen molar-refractivity contribution >= 4 is 36.8 Å². The molecule has 0 radical (unpaired) electrons. The second-order valence-electron chi connectivity index (χ2n) is 7.02. The summed E-state index contributed by atoms with van der Waals surface area (Å²) >= 11 is 0. The molecule has 170 valence electrons. The van der Waals surface area contributed by atoms with E-state index in [0.717, 1.165) is 0 Å². The molecule has 4 rings (SSSR count). The Kier molecular flexibility index (Phi) is 5.97. The number of H-pyrrole nitrogens is 1. The molecule has 0 atom stereocenters. The van der Waals surface area contributed by atoms with E-state index in [4.69, 9.17) is 0 Å². The summed E-state index contributed by atoms with van der Waals surface area (Å²) in [5, 5.41) is 10.0. The first kappa shape index (κ1) is 22.6. The third-order valence-corrected chi connectivity index (χ3v) is 8.37. The fraction of sp³-hybridized carbons (Fsp3) is 0.0952. The number of benzene rings is 2. The van der Waals surface area contributed by atoms with Gasteiger partial charge in [0.05, 0.1) is 21.6 Å². The molecule has 12 heteroatoms. The van der Waals surface area contributed by atoms with Crippen LogP contribution in [0.4, 0.5) is 0 Å². The summed E-state index contributed by atoms with van der Waals surface area (Å²) in [6.45, 7) is 0.160. The van der Waals surface area contributed by atoms with Crippen LogP contribution in [0.2, 0.25) is 0 Å². The number of nitrogens with zero attached hydrogens (tertiary/aromatic N) is 2. The minimum Gasteiger partial charge on any atom is -0.348 e. The molecule has 3 N–H and O–H groups in total. The van der Waals surface area contributed by atoms with E-state index in [2.05, 4.69) is 25.2 Å². The molecule has 2 heterocycles. The monoisotopic (exact) mass is 485 g/mol.